The van der Waals surface area contributed by atoms with E-state index in [9.17, 15) is 0 Å². The molecule has 1 N–H and O–H groups in total. The number of oxime groups is 1. The van der Waals surface area contributed by atoms with Crippen molar-refractivity contribution in [3.8, 4) is 0 Å². The normalized spacial score (nSPS) is 42.0. The van der Waals surface area contributed by atoms with Gasteiger partial charge in [0.25, 0.3) is 0 Å². The fraction of sp³-hybridized carbons (Fsp3) is 0.929. The van der Waals surface area contributed by atoms with E-state index in [0.29, 0.717) is 12.6 Å². The molecule has 1 unspecified atom stereocenters. The fourth-order valence-electron chi connectivity index (χ4n) is 3.90. The van der Waals surface area contributed by atoms with Crippen molar-refractivity contribution in [3.63, 3.8) is 0 Å². The predicted octanol–water partition coefficient (Wildman–Crippen LogP) is 0.953. The van der Waals surface area contributed by atoms with Crippen LogP contribution in [0.25, 0.3) is 0 Å². The van der Waals surface area contributed by atoms with E-state index in [4.69, 9.17) is 9.57 Å². The van der Waals surface area contributed by atoms with Gasteiger partial charge in [-0.05, 0) is 38.8 Å². The maximum Gasteiger partial charge on any atom is 0.233 e. The van der Waals surface area contributed by atoms with Crippen LogP contribution in [-0.4, -0.2) is 55.7 Å². The monoisotopic (exact) mass is 265 g/mol. The van der Waals surface area contributed by atoms with E-state index in [2.05, 4.69) is 15.4 Å². The maximum atomic E-state index is 6.16. The highest BCUT2D eigenvalue weighted by atomic mass is 16.7. The summed E-state index contributed by atoms with van der Waals surface area (Å²) in [5.74, 6) is 0.863. The average Bonchev–Trinajstić information content (AvgIpc) is 3.01. The van der Waals surface area contributed by atoms with Crippen molar-refractivity contribution < 1.29 is 9.57 Å². The molecule has 0 aromatic heterocycles. The number of rotatable bonds is 3. The van der Waals surface area contributed by atoms with Crippen molar-refractivity contribution in [2.75, 3.05) is 32.8 Å². The van der Waals surface area contributed by atoms with Gasteiger partial charge in [-0.3, -0.25) is 4.90 Å². The van der Waals surface area contributed by atoms with E-state index >= 15 is 0 Å². The van der Waals surface area contributed by atoms with Crippen LogP contribution in [0.15, 0.2) is 5.16 Å². The first-order valence-electron chi connectivity index (χ1n) is 7.67. The summed E-state index contributed by atoms with van der Waals surface area (Å²) in [6.45, 7) is 5.03. The minimum atomic E-state index is 0.158. The van der Waals surface area contributed by atoms with Crippen LogP contribution < -0.4 is 5.32 Å². The highest BCUT2D eigenvalue weighted by Gasteiger charge is 2.56. The molecule has 1 saturated carbocycles. The average molecular weight is 265 g/mol. The number of hydrogen-bond donors (Lipinski definition) is 1. The molecule has 0 amide bonds. The summed E-state index contributed by atoms with van der Waals surface area (Å²) in [5.41, 5.74) is 0.158. The summed E-state index contributed by atoms with van der Waals surface area (Å²) in [6.07, 6.45) is 6.53. The van der Waals surface area contributed by atoms with Crippen LogP contribution in [0, 0.1) is 5.41 Å². The van der Waals surface area contributed by atoms with Crippen LogP contribution in [0.1, 0.15) is 32.1 Å². The third-order valence-corrected chi connectivity index (χ3v) is 5.05. The molecule has 5 nitrogen and oxygen atoms in total. The number of hydrogen-bond acceptors (Lipinski definition) is 5. The quantitative estimate of drug-likeness (QED) is 0.825. The van der Waals surface area contributed by atoms with E-state index < -0.39 is 0 Å². The molecular formula is C14H23N3O2. The minimum Gasteiger partial charge on any atom is -0.470 e. The summed E-state index contributed by atoms with van der Waals surface area (Å²) in [7, 11) is 0. The Balaban J connectivity index is 1.36. The van der Waals surface area contributed by atoms with Crippen molar-refractivity contribution in [1.82, 2.24) is 10.2 Å². The Bertz CT molecular complexity index is 367. The number of ether oxygens (including phenoxy) is 1. The summed E-state index contributed by atoms with van der Waals surface area (Å²) in [5, 5.41) is 7.70. The van der Waals surface area contributed by atoms with Gasteiger partial charge in [-0.2, -0.15) is 0 Å². The number of nitrogens with zero attached hydrogens (tertiary/aromatic N) is 2. The predicted molar refractivity (Wildman–Crippen MR) is 72.0 cm³/mol. The van der Waals surface area contributed by atoms with Crippen molar-refractivity contribution >= 4 is 5.90 Å². The minimum absolute atomic E-state index is 0.158. The Morgan fingerprint density at radius 2 is 2.11 bits per heavy atom. The highest BCUT2D eigenvalue weighted by molar-refractivity contribution is 5.85. The summed E-state index contributed by atoms with van der Waals surface area (Å²) < 4.78 is 6.16. The molecule has 5 heteroatoms. The summed E-state index contributed by atoms with van der Waals surface area (Å²) >= 11 is 0. The third-order valence-electron chi connectivity index (χ3n) is 5.05. The van der Waals surface area contributed by atoms with Crippen LogP contribution in [0.4, 0.5) is 0 Å². The van der Waals surface area contributed by atoms with Gasteiger partial charge in [-0.1, -0.05) is 11.6 Å². The van der Waals surface area contributed by atoms with Gasteiger partial charge in [0.15, 0.2) is 6.61 Å². The van der Waals surface area contributed by atoms with Gasteiger partial charge < -0.3 is 14.9 Å². The molecule has 3 saturated heterocycles. The van der Waals surface area contributed by atoms with Crippen molar-refractivity contribution in [3.05, 3.63) is 0 Å². The topological polar surface area (TPSA) is 46.1 Å². The Kier molecular flexibility index (Phi) is 2.92. The molecule has 0 spiro atoms. The third kappa shape index (κ3) is 2.13. The van der Waals surface area contributed by atoms with Gasteiger partial charge in [-0.25, -0.2) is 0 Å². The van der Waals surface area contributed by atoms with E-state index in [1.165, 1.54) is 45.2 Å². The molecule has 0 radical (unpaired) electrons. The molecule has 4 fully saturated rings. The largest absolute Gasteiger partial charge is 0.470 e. The van der Waals surface area contributed by atoms with Gasteiger partial charge >= 0.3 is 0 Å². The zero-order valence-electron chi connectivity index (χ0n) is 11.4. The van der Waals surface area contributed by atoms with Crippen LogP contribution in [-0.2, 0) is 9.57 Å². The lowest BCUT2D eigenvalue weighted by Gasteiger charge is -2.40. The van der Waals surface area contributed by atoms with Crippen molar-refractivity contribution in [1.29, 1.82) is 0 Å². The van der Waals surface area contributed by atoms with Gasteiger partial charge in [0.1, 0.15) is 6.10 Å². The Labute approximate surface area is 114 Å². The molecule has 2 bridgehead atoms. The lowest BCUT2D eigenvalue weighted by atomic mass is 9.70. The number of nitrogens with one attached hydrogen (secondary N) is 1. The van der Waals surface area contributed by atoms with Gasteiger partial charge in [-0.15, -0.1) is 0 Å². The van der Waals surface area contributed by atoms with E-state index in [1.54, 1.807) is 0 Å². The molecule has 4 aliphatic heterocycles. The first-order valence-corrected chi connectivity index (χ1v) is 7.67. The first kappa shape index (κ1) is 12.0. The molecule has 4 heterocycles. The van der Waals surface area contributed by atoms with Gasteiger partial charge in [0.2, 0.25) is 5.90 Å². The van der Waals surface area contributed by atoms with E-state index in [0.717, 1.165) is 19.0 Å². The highest BCUT2D eigenvalue weighted by Crippen LogP contribution is 2.48. The molecular weight excluding hydrogens is 242 g/mol. The Morgan fingerprint density at radius 1 is 1.26 bits per heavy atom. The maximum absolute atomic E-state index is 6.16. The van der Waals surface area contributed by atoms with Crippen LogP contribution >= 0.6 is 0 Å². The molecule has 0 aromatic carbocycles. The van der Waals surface area contributed by atoms with E-state index in [1.807, 2.05) is 0 Å². The Hall–Kier alpha value is -0.810. The lowest BCUT2D eigenvalue weighted by molar-refractivity contribution is -0.0245. The van der Waals surface area contributed by atoms with Gasteiger partial charge in [0.05, 0.1) is 5.41 Å². The SMILES string of the molecule is C1CCN(CC2CON=C(C34CNC(C3)C4)O2)CC1. The van der Waals surface area contributed by atoms with Crippen LogP contribution in [0.5, 0.6) is 0 Å². The molecule has 1 aliphatic carbocycles. The van der Waals surface area contributed by atoms with Crippen LogP contribution in [0.3, 0.4) is 0 Å². The van der Waals surface area contributed by atoms with Crippen molar-refractivity contribution in [2.45, 2.75) is 44.2 Å². The second-order valence-electron chi connectivity index (χ2n) is 6.56. The summed E-state index contributed by atoms with van der Waals surface area (Å²) in [4.78, 5) is 7.96. The lowest BCUT2D eigenvalue weighted by Crippen LogP contribution is -2.48. The zero-order chi connectivity index (χ0) is 12.7. The second-order valence-corrected chi connectivity index (χ2v) is 6.56. The van der Waals surface area contributed by atoms with Gasteiger partial charge in [0, 0.05) is 19.1 Å². The molecule has 5 rings (SSSR count). The Morgan fingerprint density at radius 3 is 2.84 bits per heavy atom. The first-order chi connectivity index (χ1) is 9.34. The van der Waals surface area contributed by atoms with Crippen molar-refractivity contribution in [2.24, 2.45) is 10.6 Å². The molecule has 19 heavy (non-hydrogen) atoms. The number of fused-ring (bicyclic) bond motifs is 1. The molecule has 1 atom stereocenters. The van der Waals surface area contributed by atoms with Crippen LogP contribution in [0.2, 0.25) is 0 Å². The summed E-state index contributed by atoms with van der Waals surface area (Å²) in [6, 6.07) is 0.689. The number of piperidine rings is 1. The zero-order valence-corrected chi connectivity index (χ0v) is 11.4. The fourth-order valence-corrected chi connectivity index (χ4v) is 3.90. The standard InChI is InChI=1S/C14H23N3O2/c1-2-4-17(5-3-1)8-12-9-18-16-13(19-12)14-6-11(7-14)15-10-14/h11-12,15H,1-10H2. The smallest absolute Gasteiger partial charge is 0.233 e. The molecule has 0 aromatic rings. The molecule has 106 valence electrons. The molecule has 5 aliphatic rings. The number of likely N-dealkylation sites (tertiary alicyclic amines) is 1. The van der Waals surface area contributed by atoms with E-state index in [-0.39, 0.29) is 11.5 Å². The second kappa shape index (κ2) is 4.63.